The number of carbonyl (C=O) groups excluding carboxylic acids is 2. The van der Waals surface area contributed by atoms with E-state index in [0.717, 1.165) is 13.1 Å². The molecule has 0 bridgehead atoms. The van der Waals surface area contributed by atoms with E-state index in [0.29, 0.717) is 37.5 Å². The lowest BCUT2D eigenvalue weighted by atomic mass is 9.87. The summed E-state index contributed by atoms with van der Waals surface area (Å²) >= 11 is 0. The van der Waals surface area contributed by atoms with Crippen LogP contribution in [0.4, 0.5) is 10.1 Å². The molecule has 1 aromatic carbocycles. The molecule has 2 N–H and O–H groups in total. The van der Waals surface area contributed by atoms with Gasteiger partial charge in [0.2, 0.25) is 11.8 Å². The van der Waals surface area contributed by atoms with Crippen LogP contribution in [-0.4, -0.2) is 42.9 Å². The molecule has 1 atom stereocenters. The largest absolute Gasteiger partial charge is 0.342 e. The van der Waals surface area contributed by atoms with Crippen LogP contribution in [0.1, 0.15) is 19.8 Å². The van der Waals surface area contributed by atoms with Crippen molar-refractivity contribution in [3.63, 3.8) is 0 Å². The molecule has 2 saturated heterocycles. The molecular weight excluding hydrogens is 309 g/mol. The summed E-state index contributed by atoms with van der Waals surface area (Å²) < 4.78 is 13.2. The summed E-state index contributed by atoms with van der Waals surface area (Å²) in [5.74, 6) is 0.0931. The van der Waals surface area contributed by atoms with Crippen LogP contribution >= 0.6 is 0 Å². The fourth-order valence-electron chi connectivity index (χ4n) is 3.33. The second-order valence-corrected chi connectivity index (χ2v) is 6.81. The van der Waals surface area contributed by atoms with Gasteiger partial charge in [0, 0.05) is 30.6 Å². The average Bonchev–Trinajstić information content (AvgIpc) is 2.52. The van der Waals surface area contributed by atoms with Crippen LogP contribution in [0.5, 0.6) is 0 Å². The van der Waals surface area contributed by atoms with Crippen LogP contribution in [0, 0.1) is 23.6 Å². The molecule has 130 valence electrons. The Kier molecular flexibility index (Phi) is 5.14. The highest BCUT2D eigenvalue weighted by Gasteiger charge is 2.34. The minimum atomic E-state index is -0.368. The normalized spacial score (nSPS) is 20.3. The number of hydrogen-bond donors (Lipinski definition) is 2. The van der Waals surface area contributed by atoms with Gasteiger partial charge in [0.15, 0.2) is 0 Å². The van der Waals surface area contributed by atoms with Crippen molar-refractivity contribution in [2.75, 3.05) is 31.5 Å². The predicted octanol–water partition coefficient (Wildman–Crippen LogP) is 1.86. The summed E-state index contributed by atoms with van der Waals surface area (Å²) in [6.45, 7) is 5.06. The first kappa shape index (κ1) is 16.9. The average molecular weight is 333 g/mol. The van der Waals surface area contributed by atoms with Crippen molar-refractivity contribution in [1.29, 1.82) is 0 Å². The molecule has 5 nitrogen and oxygen atoms in total. The third kappa shape index (κ3) is 3.75. The quantitative estimate of drug-likeness (QED) is 0.884. The van der Waals surface area contributed by atoms with E-state index in [-0.39, 0.29) is 29.5 Å². The molecule has 2 amide bonds. The smallest absolute Gasteiger partial charge is 0.227 e. The second kappa shape index (κ2) is 7.30. The van der Waals surface area contributed by atoms with Gasteiger partial charge >= 0.3 is 0 Å². The van der Waals surface area contributed by atoms with Crippen molar-refractivity contribution in [3.05, 3.63) is 30.1 Å². The molecule has 2 aliphatic heterocycles. The van der Waals surface area contributed by atoms with Crippen molar-refractivity contribution in [1.82, 2.24) is 10.2 Å². The Hall–Kier alpha value is -1.95. The lowest BCUT2D eigenvalue weighted by Gasteiger charge is -2.37. The predicted molar refractivity (Wildman–Crippen MR) is 89.9 cm³/mol. The minimum absolute atomic E-state index is 0.0453. The highest BCUT2D eigenvalue weighted by molar-refractivity contribution is 5.92. The van der Waals surface area contributed by atoms with E-state index >= 15 is 0 Å². The topological polar surface area (TPSA) is 61.4 Å². The summed E-state index contributed by atoms with van der Waals surface area (Å²) in [5.41, 5.74) is 0.476. The maximum absolute atomic E-state index is 13.2. The van der Waals surface area contributed by atoms with Gasteiger partial charge in [-0.1, -0.05) is 13.0 Å². The number of nitrogens with one attached hydrogen (secondary N) is 2. The van der Waals surface area contributed by atoms with Gasteiger partial charge in [-0.25, -0.2) is 4.39 Å². The van der Waals surface area contributed by atoms with Gasteiger partial charge in [-0.05, 0) is 50.0 Å². The van der Waals surface area contributed by atoms with Crippen LogP contribution in [0.15, 0.2) is 24.3 Å². The molecule has 0 spiro atoms. The van der Waals surface area contributed by atoms with Crippen molar-refractivity contribution < 1.29 is 14.0 Å². The summed E-state index contributed by atoms with van der Waals surface area (Å²) in [6, 6.07) is 5.90. The summed E-state index contributed by atoms with van der Waals surface area (Å²) in [5, 5.41) is 5.96. The highest BCUT2D eigenvalue weighted by Crippen LogP contribution is 2.24. The first-order valence-corrected chi connectivity index (χ1v) is 8.60. The molecule has 6 heteroatoms. The van der Waals surface area contributed by atoms with Crippen LogP contribution in [0.3, 0.4) is 0 Å². The summed E-state index contributed by atoms with van der Waals surface area (Å²) in [6.07, 6.45) is 1.31. The molecule has 0 aliphatic carbocycles. The van der Waals surface area contributed by atoms with E-state index in [1.54, 1.807) is 12.1 Å². The lowest BCUT2D eigenvalue weighted by Crippen LogP contribution is -2.52. The number of benzene rings is 1. The zero-order valence-corrected chi connectivity index (χ0v) is 13.9. The first-order chi connectivity index (χ1) is 11.5. The van der Waals surface area contributed by atoms with Crippen LogP contribution in [0.2, 0.25) is 0 Å². The Morgan fingerprint density at radius 1 is 1.29 bits per heavy atom. The number of anilines is 1. The third-order valence-electron chi connectivity index (χ3n) is 5.18. The van der Waals surface area contributed by atoms with E-state index in [4.69, 9.17) is 0 Å². The summed E-state index contributed by atoms with van der Waals surface area (Å²) in [7, 11) is 0. The van der Waals surface area contributed by atoms with Crippen LogP contribution < -0.4 is 10.6 Å². The van der Waals surface area contributed by atoms with Gasteiger partial charge in [-0.2, -0.15) is 0 Å². The zero-order valence-electron chi connectivity index (χ0n) is 13.9. The Labute approximate surface area is 141 Å². The fourth-order valence-corrected chi connectivity index (χ4v) is 3.33. The molecule has 2 fully saturated rings. The van der Waals surface area contributed by atoms with Crippen molar-refractivity contribution >= 4 is 17.5 Å². The van der Waals surface area contributed by atoms with E-state index in [2.05, 4.69) is 10.6 Å². The molecule has 3 rings (SSSR count). The van der Waals surface area contributed by atoms with E-state index in [1.807, 2.05) is 11.8 Å². The number of piperidine rings is 1. The monoisotopic (exact) mass is 333 g/mol. The number of amides is 2. The van der Waals surface area contributed by atoms with Gasteiger partial charge in [0.05, 0.1) is 0 Å². The second-order valence-electron chi connectivity index (χ2n) is 6.81. The van der Waals surface area contributed by atoms with E-state index in [9.17, 15) is 14.0 Å². The van der Waals surface area contributed by atoms with Gasteiger partial charge < -0.3 is 15.5 Å². The van der Waals surface area contributed by atoms with Crippen LogP contribution in [0.25, 0.3) is 0 Å². The molecule has 24 heavy (non-hydrogen) atoms. The molecule has 0 aromatic heterocycles. The molecule has 2 aliphatic rings. The number of likely N-dealkylation sites (tertiary alicyclic amines) is 1. The number of hydrogen-bond acceptors (Lipinski definition) is 3. The van der Waals surface area contributed by atoms with E-state index < -0.39 is 0 Å². The zero-order chi connectivity index (χ0) is 17.1. The highest BCUT2D eigenvalue weighted by atomic mass is 19.1. The SMILES string of the molecule is CC(C(=O)N1CCC(C(=O)Nc2cccc(F)c2)CC1)C1CNC1. The fraction of sp³-hybridized carbons (Fsp3) is 0.556. The molecular formula is C18H24FN3O2. The Balaban J connectivity index is 1.49. The van der Waals surface area contributed by atoms with Gasteiger partial charge in [-0.3, -0.25) is 9.59 Å². The summed E-state index contributed by atoms with van der Waals surface area (Å²) in [4.78, 5) is 26.7. The van der Waals surface area contributed by atoms with Crippen molar-refractivity contribution in [2.24, 2.45) is 17.8 Å². The number of halogens is 1. The Morgan fingerprint density at radius 3 is 2.58 bits per heavy atom. The number of nitrogens with zero attached hydrogens (tertiary/aromatic N) is 1. The first-order valence-electron chi connectivity index (χ1n) is 8.60. The van der Waals surface area contributed by atoms with Gasteiger partial charge in [0.25, 0.3) is 0 Å². The Bertz CT molecular complexity index is 610. The standard InChI is InChI=1S/C18H24FN3O2/c1-12(14-10-20-11-14)18(24)22-7-5-13(6-8-22)17(23)21-16-4-2-3-15(19)9-16/h2-4,9,12-14,20H,5-8,10-11H2,1H3,(H,21,23). The molecule has 1 unspecified atom stereocenters. The molecule has 0 saturated carbocycles. The van der Waals surface area contributed by atoms with E-state index in [1.165, 1.54) is 12.1 Å². The number of rotatable bonds is 4. The van der Waals surface area contributed by atoms with Gasteiger partial charge in [0.1, 0.15) is 5.82 Å². The minimum Gasteiger partial charge on any atom is -0.342 e. The van der Waals surface area contributed by atoms with Crippen molar-refractivity contribution in [3.8, 4) is 0 Å². The maximum atomic E-state index is 13.2. The Morgan fingerprint density at radius 2 is 2.00 bits per heavy atom. The van der Waals surface area contributed by atoms with Gasteiger partial charge in [-0.15, -0.1) is 0 Å². The molecule has 0 radical (unpaired) electrons. The molecule has 1 aromatic rings. The molecule has 2 heterocycles. The van der Waals surface area contributed by atoms with Crippen molar-refractivity contribution in [2.45, 2.75) is 19.8 Å². The maximum Gasteiger partial charge on any atom is 0.227 e. The third-order valence-corrected chi connectivity index (χ3v) is 5.18. The number of carbonyl (C=O) groups is 2. The lowest BCUT2D eigenvalue weighted by molar-refractivity contribution is -0.140. The van der Waals surface area contributed by atoms with Crippen LogP contribution in [-0.2, 0) is 9.59 Å².